The molecular weight excluding hydrogens is 261 g/mol. The van der Waals surface area contributed by atoms with E-state index >= 15 is 0 Å². The Balaban J connectivity index is 2.12. The van der Waals surface area contributed by atoms with Crippen LogP contribution in [0.3, 0.4) is 0 Å². The Morgan fingerprint density at radius 2 is 2.40 bits per heavy atom. The largest absolute Gasteiger partial charge is 0.378 e. The highest BCUT2D eigenvalue weighted by Crippen LogP contribution is 2.15. The van der Waals surface area contributed by atoms with Gasteiger partial charge in [0.1, 0.15) is 11.9 Å². The van der Waals surface area contributed by atoms with Gasteiger partial charge in [-0.25, -0.2) is 4.39 Å². The molecule has 0 aliphatic carbocycles. The molecule has 2 rings (SSSR count). The topological polar surface area (TPSA) is 67.6 Å². The third-order valence-corrected chi connectivity index (χ3v) is 3.50. The summed E-state index contributed by atoms with van der Waals surface area (Å²) in [5.74, 6) is -0.355. The summed E-state index contributed by atoms with van der Waals surface area (Å²) in [6, 6.07) is 4.60. The first kappa shape index (κ1) is 14.9. The average molecular weight is 281 g/mol. The van der Waals surface area contributed by atoms with E-state index in [4.69, 9.17) is 10.5 Å². The average Bonchev–Trinajstić information content (AvgIpc) is 2.49. The molecule has 6 heteroatoms. The zero-order valence-electron chi connectivity index (χ0n) is 11.6. The third kappa shape index (κ3) is 3.33. The van der Waals surface area contributed by atoms with Gasteiger partial charge in [0.2, 0.25) is 5.91 Å². The number of nitrogens with zero attached hydrogens (tertiary/aromatic N) is 1. The maximum atomic E-state index is 13.4. The molecule has 1 heterocycles. The number of ether oxygens (including phenoxy) is 1. The van der Waals surface area contributed by atoms with E-state index in [9.17, 15) is 9.18 Å². The SMILES string of the molecule is CNC(=O)C1COCCN1Cc1ccc(F)c(CN)c1. The number of carbonyl (C=O) groups excluding carboxylic acids is 1. The number of benzene rings is 1. The third-order valence-electron chi connectivity index (χ3n) is 3.50. The lowest BCUT2D eigenvalue weighted by Gasteiger charge is -2.34. The van der Waals surface area contributed by atoms with Crippen molar-refractivity contribution in [1.29, 1.82) is 0 Å². The normalized spacial score (nSPS) is 19.9. The fourth-order valence-electron chi connectivity index (χ4n) is 2.35. The van der Waals surface area contributed by atoms with E-state index < -0.39 is 0 Å². The van der Waals surface area contributed by atoms with Crippen molar-refractivity contribution in [3.8, 4) is 0 Å². The summed E-state index contributed by atoms with van der Waals surface area (Å²) in [5, 5.41) is 2.64. The summed E-state index contributed by atoms with van der Waals surface area (Å²) in [6.45, 7) is 2.40. The van der Waals surface area contributed by atoms with E-state index in [0.29, 0.717) is 31.9 Å². The molecule has 0 radical (unpaired) electrons. The van der Waals surface area contributed by atoms with E-state index in [1.165, 1.54) is 6.07 Å². The number of hydrogen-bond acceptors (Lipinski definition) is 4. The van der Waals surface area contributed by atoms with Gasteiger partial charge in [-0.2, -0.15) is 0 Å². The Morgan fingerprint density at radius 3 is 3.10 bits per heavy atom. The maximum Gasteiger partial charge on any atom is 0.239 e. The number of hydrogen-bond donors (Lipinski definition) is 2. The van der Waals surface area contributed by atoms with Crippen molar-refractivity contribution in [2.75, 3.05) is 26.8 Å². The molecule has 1 aromatic carbocycles. The summed E-state index contributed by atoms with van der Waals surface area (Å²) in [6.07, 6.45) is 0. The standard InChI is InChI=1S/C14H20FN3O2/c1-17-14(19)13-9-20-5-4-18(13)8-10-2-3-12(15)11(6-10)7-16/h2-3,6,13H,4-5,7-9,16H2,1H3,(H,17,19). The van der Waals surface area contributed by atoms with E-state index in [2.05, 4.69) is 5.32 Å². The number of likely N-dealkylation sites (N-methyl/N-ethyl adjacent to an activating group) is 1. The lowest BCUT2D eigenvalue weighted by molar-refractivity contribution is -0.132. The molecule has 1 fully saturated rings. The molecule has 0 saturated carbocycles. The lowest BCUT2D eigenvalue weighted by Crippen LogP contribution is -2.52. The zero-order valence-corrected chi connectivity index (χ0v) is 11.6. The Morgan fingerprint density at radius 1 is 1.60 bits per heavy atom. The highest BCUT2D eigenvalue weighted by atomic mass is 19.1. The van der Waals surface area contributed by atoms with Crippen LogP contribution in [0.4, 0.5) is 4.39 Å². The number of morpholine rings is 1. The van der Waals surface area contributed by atoms with Crippen LogP contribution in [0.2, 0.25) is 0 Å². The smallest absolute Gasteiger partial charge is 0.239 e. The van der Waals surface area contributed by atoms with Gasteiger partial charge in [-0.05, 0) is 11.6 Å². The van der Waals surface area contributed by atoms with Crippen LogP contribution in [-0.2, 0) is 22.6 Å². The van der Waals surface area contributed by atoms with Gasteiger partial charge in [0.25, 0.3) is 0 Å². The van der Waals surface area contributed by atoms with Crippen LogP contribution in [0.25, 0.3) is 0 Å². The molecule has 1 amide bonds. The number of amides is 1. The monoisotopic (exact) mass is 281 g/mol. The minimum absolute atomic E-state index is 0.0640. The van der Waals surface area contributed by atoms with E-state index in [1.54, 1.807) is 19.2 Å². The molecule has 5 nitrogen and oxygen atoms in total. The maximum absolute atomic E-state index is 13.4. The number of nitrogens with two attached hydrogens (primary N) is 1. The molecule has 1 unspecified atom stereocenters. The van der Waals surface area contributed by atoms with Crippen LogP contribution in [0.1, 0.15) is 11.1 Å². The second kappa shape index (κ2) is 6.78. The van der Waals surface area contributed by atoms with Gasteiger partial charge in [-0.1, -0.05) is 12.1 Å². The first-order valence-electron chi connectivity index (χ1n) is 6.66. The van der Waals surface area contributed by atoms with Crippen molar-refractivity contribution in [2.45, 2.75) is 19.1 Å². The molecule has 0 spiro atoms. The van der Waals surface area contributed by atoms with E-state index in [0.717, 1.165) is 5.56 Å². The van der Waals surface area contributed by atoms with E-state index in [-0.39, 0.29) is 24.3 Å². The second-order valence-electron chi connectivity index (χ2n) is 4.81. The van der Waals surface area contributed by atoms with Gasteiger partial charge < -0.3 is 15.8 Å². The molecule has 1 atom stereocenters. The van der Waals surface area contributed by atoms with Crippen LogP contribution in [0.15, 0.2) is 18.2 Å². The molecule has 1 aliphatic heterocycles. The first-order valence-corrected chi connectivity index (χ1v) is 6.66. The quantitative estimate of drug-likeness (QED) is 0.829. The molecular formula is C14H20FN3O2. The number of rotatable bonds is 4. The minimum atomic E-state index is -0.305. The van der Waals surface area contributed by atoms with Crippen LogP contribution < -0.4 is 11.1 Å². The summed E-state index contributed by atoms with van der Waals surface area (Å²) >= 11 is 0. The van der Waals surface area contributed by atoms with Gasteiger partial charge in [0.05, 0.1) is 13.2 Å². The second-order valence-corrected chi connectivity index (χ2v) is 4.81. The van der Waals surface area contributed by atoms with Gasteiger partial charge in [-0.15, -0.1) is 0 Å². The fraction of sp³-hybridized carbons (Fsp3) is 0.500. The predicted octanol–water partition coefficient (Wildman–Crippen LogP) is 0.231. The predicted molar refractivity (Wildman–Crippen MR) is 73.4 cm³/mol. The fourth-order valence-corrected chi connectivity index (χ4v) is 2.35. The van der Waals surface area contributed by atoms with Crippen LogP contribution in [0, 0.1) is 5.82 Å². The molecule has 1 aromatic rings. The van der Waals surface area contributed by atoms with Crippen molar-refractivity contribution >= 4 is 5.91 Å². The lowest BCUT2D eigenvalue weighted by atomic mass is 10.1. The number of carbonyl (C=O) groups is 1. The van der Waals surface area contributed by atoms with Crippen molar-refractivity contribution in [1.82, 2.24) is 10.2 Å². The number of nitrogens with one attached hydrogen (secondary N) is 1. The molecule has 3 N–H and O–H groups in total. The molecule has 1 saturated heterocycles. The first-order chi connectivity index (χ1) is 9.65. The van der Waals surface area contributed by atoms with Crippen molar-refractivity contribution < 1.29 is 13.9 Å². The Hall–Kier alpha value is -1.50. The summed E-state index contributed by atoms with van der Waals surface area (Å²) < 4.78 is 18.8. The number of halogens is 1. The molecule has 0 aromatic heterocycles. The Kier molecular flexibility index (Phi) is 5.05. The summed E-state index contributed by atoms with van der Waals surface area (Å²) in [7, 11) is 1.61. The van der Waals surface area contributed by atoms with E-state index in [1.807, 2.05) is 4.90 Å². The highest BCUT2D eigenvalue weighted by Gasteiger charge is 2.28. The molecule has 0 bridgehead atoms. The van der Waals surface area contributed by atoms with Gasteiger partial charge >= 0.3 is 0 Å². The Labute approximate surface area is 117 Å². The van der Waals surface area contributed by atoms with Gasteiger partial charge in [0.15, 0.2) is 0 Å². The van der Waals surface area contributed by atoms with Gasteiger partial charge in [-0.3, -0.25) is 9.69 Å². The summed E-state index contributed by atoms with van der Waals surface area (Å²) in [4.78, 5) is 13.9. The molecule has 110 valence electrons. The minimum Gasteiger partial charge on any atom is -0.378 e. The molecule has 1 aliphatic rings. The van der Waals surface area contributed by atoms with Gasteiger partial charge in [0, 0.05) is 32.2 Å². The van der Waals surface area contributed by atoms with Crippen molar-refractivity contribution in [3.63, 3.8) is 0 Å². The Bertz CT molecular complexity index is 481. The van der Waals surface area contributed by atoms with Crippen molar-refractivity contribution in [3.05, 3.63) is 35.1 Å². The summed E-state index contributed by atoms with van der Waals surface area (Å²) in [5.41, 5.74) is 6.95. The zero-order chi connectivity index (χ0) is 14.5. The van der Waals surface area contributed by atoms with Crippen LogP contribution >= 0.6 is 0 Å². The molecule has 20 heavy (non-hydrogen) atoms. The van der Waals surface area contributed by atoms with Crippen LogP contribution in [0.5, 0.6) is 0 Å². The van der Waals surface area contributed by atoms with Crippen molar-refractivity contribution in [2.24, 2.45) is 5.73 Å². The van der Waals surface area contributed by atoms with Crippen LogP contribution in [-0.4, -0.2) is 43.7 Å². The highest BCUT2D eigenvalue weighted by molar-refractivity contribution is 5.81.